The van der Waals surface area contributed by atoms with Crippen molar-refractivity contribution >= 4 is 5.69 Å². The Kier molecular flexibility index (Phi) is 4.60. The number of hydrogen-bond donors (Lipinski definition) is 1. The first-order valence-electron chi connectivity index (χ1n) is 8.11. The molecular formula is C16H26N4O. The Balaban J connectivity index is 1.38. The average molecular weight is 290 g/mol. The first-order chi connectivity index (χ1) is 10.2. The number of aromatic nitrogens is 1. The van der Waals surface area contributed by atoms with E-state index in [0.717, 1.165) is 25.4 Å². The highest BCUT2D eigenvalue weighted by atomic mass is 16.1. The Morgan fingerprint density at radius 1 is 1.05 bits per heavy atom. The maximum absolute atomic E-state index is 11.7. The molecule has 2 heterocycles. The summed E-state index contributed by atoms with van der Waals surface area (Å²) in [7, 11) is 0. The lowest BCUT2D eigenvalue weighted by Gasteiger charge is -2.34. The summed E-state index contributed by atoms with van der Waals surface area (Å²) in [4.78, 5) is 16.8. The fraction of sp³-hybridized carbons (Fsp3) is 0.688. The molecule has 116 valence electrons. The molecule has 1 aliphatic heterocycles. The zero-order valence-electron chi connectivity index (χ0n) is 12.7. The second-order valence-electron chi connectivity index (χ2n) is 6.43. The molecule has 1 aliphatic carbocycles. The van der Waals surface area contributed by atoms with Gasteiger partial charge in [0.15, 0.2) is 0 Å². The Hall–Kier alpha value is -1.33. The topological polar surface area (TPSA) is 54.5 Å². The van der Waals surface area contributed by atoms with E-state index < -0.39 is 0 Å². The molecule has 5 heteroatoms. The van der Waals surface area contributed by atoms with Crippen LogP contribution in [0.3, 0.4) is 0 Å². The Morgan fingerprint density at radius 3 is 2.48 bits per heavy atom. The van der Waals surface area contributed by atoms with Gasteiger partial charge in [-0.2, -0.15) is 0 Å². The molecule has 1 saturated carbocycles. The van der Waals surface area contributed by atoms with E-state index in [0.29, 0.717) is 5.69 Å². The summed E-state index contributed by atoms with van der Waals surface area (Å²) in [5, 5.41) is 0. The van der Waals surface area contributed by atoms with Crippen LogP contribution in [0.1, 0.15) is 19.3 Å². The fourth-order valence-corrected chi connectivity index (χ4v) is 3.05. The summed E-state index contributed by atoms with van der Waals surface area (Å²) >= 11 is 0. The summed E-state index contributed by atoms with van der Waals surface area (Å²) < 4.78 is 1.72. The van der Waals surface area contributed by atoms with Gasteiger partial charge in [-0.1, -0.05) is 0 Å². The van der Waals surface area contributed by atoms with E-state index in [1.165, 1.54) is 45.6 Å². The first kappa shape index (κ1) is 14.6. The summed E-state index contributed by atoms with van der Waals surface area (Å²) in [6.45, 7) is 7.87. The smallest absolute Gasteiger partial charge is 0.250 e. The minimum atomic E-state index is 0.0402. The number of hydrogen-bond acceptors (Lipinski definition) is 4. The van der Waals surface area contributed by atoms with Gasteiger partial charge in [-0.25, -0.2) is 0 Å². The number of anilines is 1. The SMILES string of the molecule is Nc1ccc(=O)n(CCCN2CCN(CC3CC3)CC2)c1. The Bertz CT molecular complexity index is 515. The molecule has 2 fully saturated rings. The van der Waals surface area contributed by atoms with Crippen LogP contribution in [0.15, 0.2) is 23.1 Å². The average Bonchev–Trinajstić information content (AvgIpc) is 3.28. The van der Waals surface area contributed by atoms with Crippen LogP contribution in [0.25, 0.3) is 0 Å². The molecule has 1 aromatic rings. The molecule has 0 spiro atoms. The zero-order chi connectivity index (χ0) is 14.7. The number of piperazine rings is 1. The predicted molar refractivity (Wildman–Crippen MR) is 85.3 cm³/mol. The number of rotatable bonds is 6. The number of pyridine rings is 1. The third kappa shape index (κ3) is 4.32. The maximum Gasteiger partial charge on any atom is 0.250 e. The third-order valence-corrected chi connectivity index (χ3v) is 4.56. The highest BCUT2D eigenvalue weighted by Gasteiger charge is 2.26. The summed E-state index contributed by atoms with van der Waals surface area (Å²) in [6, 6.07) is 3.21. The van der Waals surface area contributed by atoms with Crippen molar-refractivity contribution < 1.29 is 0 Å². The van der Waals surface area contributed by atoms with Crippen molar-refractivity contribution in [2.24, 2.45) is 5.92 Å². The minimum Gasteiger partial charge on any atom is -0.398 e. The van der Waals surface area contributed by atoms with Crippen LogP contribution in [0.4, 0.5) is 5.69 Å². The van der Waals surface area contributed by atoms with E-state index in [4.69, 9.17) is 5.73 Å². The molecule has 1 saturated heterocycles. The fourth-order valence-electron chi connectivity index (χ4n) is 3.05. The molecule has 0 bridgehead atoms. The molecule has 5 nitrogen and oxygen atoms in total. The minimum absolute atomic E-state index is 0.0402. The van der Waals surface area contributed by atoms with E-state index >= 15 is 0 Å². The van der Waals surface area contributed by atoms with Gasteiger partial charge in [0.05, 0.1) is 0 Å². The van der Waals surface area contributed by atoms with Gasteiger partial charge in [0, 0.05) is 57.2 Å². The Labute approximate surface area is 126 Å². The molecular weight excluding hydrogens is 264 g/mol. The predicted octanol–water partition coefficient (Wildman–Crippen LogP) is 0.848. The van der Waals surface area contributed by atoms with Crippen LogP contribution in [0, 0.1) is 5.92 Å². The van der Waals surface area contributed by atoms with Crippen LogP contribution >= 0.6 is 0 Å². The van der Waals surface area contributed by atoms with Gasteiger partial charge in [-0.15, -0.1) is 0 Å². The third-order valence-electron chi connectivity index (χ3n) is 4.56. The van der Waals surface area contributed by atoms with Gasteiger partial charge in [0.2, 0.25) is 0 Å². The highest BCUT2D eigenvalue weighted by molar-refractivity contribution is 5.33. The lowest BCUT2D eigenvalue weighted by Crippen LogP contribution is -2.47. The highest BCUT2D eigenvalue weighted by Crippen LogP contribution is 2.29. The lowest BCUT2D eigenvalue weighted by molar-refractivity contribution is 0.126. The summed E-state index contributed by atoms with van der Waals surface area (Å²) in [5.41, 5.74) is 6.42. The second kappa shape index (κ2) is 6.62. The van der Waals surface area contributed by atoms with Crippen molar-refractivity contribution in [1.29, 1.82) is 0 Å². The van der Waals surface area contributed by atoms with Crippen molar-refractivity contribution in [3.63, 3.8) is 0 Å². The lowest BCUT2D eigenvalue weighted by atomic mass is 10.2. The standard InChI is InChI=1S/C16H26N4O/c17-15-4-5-16(21)20(13-15)7-1-6-18-8-10-19(11-9-18)12-14-2-3-14/h4-5,13-14H,1-3,6-12,17H2. The molecule has 0 unspecified atom stereocenters. The van der Waals surface area contributed by atoms with E-state index in [1.807, 2.05) is 0 Å². The number of nitrogens with two attached hydrogens (primary N) is 1. The van der Waals surface area contributed by atoms with Crippen LogP contribution in [-0.2, 0) is 6.54 Å². The molecule has 2 N–H and O–H groups in total. The molecule has 2 aliphatic rings. The van der Waals surface area contributed by atoms with Crippen LogP contribution in [0.2, 0.25) is 0 Å². The second-order valence-corrected chi connectivity index (χ2v) is 6.43. The van der Waals surface area contributed by atoms with Gasteiger partial charge in [0.25, 0.3) is 5.56 Å². The maximum atomic E-state index is 11.7. The van der Waals surface area contributed by atoms with E-state index in [-0.39, 0.29) is 5.56 Å². The number of nitrogen functional groups attached to an aromatic ring is 1. The van der Waals surface area contributed by atoms with Crippen molar-refractivity contribution in [3.05, 3.63) is 28.7 Å². The molecule has 0 aromatic carbocycles. The first-order valence-corrected chi connectivity index (χ1v) is 8.11. The molecule has 0 amide bonds. The van der Waals surface area contributed by atoms with Crippen molar-refractivity contribution in [2.45, 2.75) is 25.8 Å². The van der Waals surface area contributed by atoms with Crippen LogP contribution in [0.5, 0.6) is 0 Å². The van der Waals surface area contributed by atoms with Crippen LogP contribution in [-0.4, -0.2) is 53.6 Å². The Morgan fingerprint density at radius 2 is 1.76 bits per heavy atom. The largest absolute Gasteiger partial charge is 0.398 e. The monoisotopic (exact) mass is 290 g/mol. The molecule has 0 radical (unpaired) electrons. The zero-order valence-corrected chi connectivity index (χ0v) is 12.7. The van der Waals surface area contributed by atoms with Crippen molar-refractivity contribution in [1.82, 2.24) is 14.4 Å². The number of aryl methyl sites for hydroxylation is 1. The molecule has 3 rings (SSSR count). The van der Waals surface area contributed by atoms with Gasteiger partial charge in [0.1, 0.15) is 0 Å². The van der Waals surface area contributed by atoms with Gasteiger partial charge < -0.3 is 20.1 Å². The van der Waals surface area contributed by atoms with E-state index in [2.05, 4.69) is 9.80 Å². The normalized spacial score (nSPS) is 20.8. The van der Waals surface area contributed by atoms with E-state index in [1.54, 1.807) is 22.9 Å². The van der Waals surface area contributed by atoms with Gasteiger partial charge >= 0.3 is 0 Å². The molecule has 21 heavy (non-hydrogen) atoms. The number of nitrogens with zero attached hydrogens (tertiary/aromatic N) is 3. The summed E-state index contributed by atoms with van der Waals surface area (Å²) in [6.07, 6.45) is 5.63. The van der Waals surface area contributed by atoms with E-state index in [9.17, 15) is 4.79 Å². The molecule has 0 atom stereocenters. The van der Waals surface area contributed by atoms with Gasteiger partial charge in [-0.05, 0) is 37.8 Å². The molecule has 1 aromatic heterocycles. The quantitative estimate of drug-likeness (QED) is 0.844. The summed E-state index contributed by atoms with van der Waals surface area (Å²) in [5.74, 6) is 0.993. The van der Waals surface area contributed by atoms with Crippen LogP contribution < -0.4 is 11.3 Å². The van der Waals surface area contributed by atoms with Crippen molar-refractivity contribution in [2.75, 3.05) is 45.0 Å². The van der Waals surface area contributed by atoms with Crippen molar-refractivity contribution in [3.8, 4) is 0 Å². The van der Waals surface area contributed by atoms with Gasteiger partial charge in [-0.3, -0.25) is 4.79 Å².